The molecule has 1 aliphatic rings. The Morgan fingerprint density at radius 3 is 2.49 bits per heavy atom. The van der Waals surface area contributed by atoms with Gasteiger partial charge in [-0.2, -0.15) is 0 Å². The maximum absolute atomic E-state index is 13.7. The molecule has 37 heavy (non-hydrogen) atoms. The Bertz CT molecular complexity index is 1490. The van der Waals surface area contributed by atoms with Crippen LogP contribution in [-0.4, -0.2) is 28.9 Å². The highest BCUT2D eigenvalue weighted by molar-refractivity contribution is 6.11. The summed E-state index contributed by atoms with van der Waals surface area (Å²) in [7, 11) is 0. The van der Waals surface area contributed by atoms with Crippen LogP contribution in [-0.2, 0) is 17.7 Å². The van der Waals surface area contributed by atoms with Gasteiger partial charge in [-0.05, 0) is 54.7 Å². The SMILES string of the molecule is CC(C)c1c(C(=O)CCc2ccc(F)c(F)c2)c2ccc(C3=N[C@@H](C)CO3)cc2n1Cc1ccccc1. The standard InChI is InChI=1S/C31H30F2N2O2/c1-19(2)30-29(28(36)14-10-21-9-13-25(32)26(33)15-21)24-12-11-23(31-34-20(3)18-37-31)16-27(24)35(30)17-22-7-5-4-6-8-22/h4-9,11-13,15-16,19-20H,10,14,17-18H2,1-3H3/t20-/m0/s1. The largest absolute Gasteiger partial charge is 0.475 e. The molecule has 0 N–H and O–H groups in total. The third kappa shape index (κ3) is 5.06. The van der Waals surface area contributed by atoms with Crippen molar-refractivity contribution in [3.63, 3.8) is 0 Å². The lowest BCUT2D eigenvalue weighted by Gasteiger charge is -2.15. The van der Waals surface area contributed by atoms with Crippen LogP contribution < -0.4 is 0 Å². The highest BCUT2D eigenvalue weighted by Gasteiger charge is 2.26. The maximum Gasteiger partial charge on any atom is 0.216 e. The van der Waals surface area contributed by atoms with Crippen molar-refractivity contribution < 1.29 is 18.3 Å². The van der Waals surface area contributed by atoms with E-state index in [0.717, 1.165) is 33.8 Å². The Morgan fingerprint density at radius 2 is 1.81 bits per heavy atom. The van der Waals surface area contributed by atoms with Crippen LogP contribution >= 0.6 is 0 Å². The predicted molar refractivity (Wildman–Crippen MR) is 143 cm³/mol. The first-order valence-electron chi connectivity index (χ1n) is 12.7. The van der Waals surface area contributed by atoms with Gasteiger partial charge in [0.15, 0.2) is 17.4 Å². The summed E-state index contributed by atoms with van der Waals surface area (Å²) in [6, 6.07) is 20.1. The zero-order valence-electron chi connectivity index (χ0n) is 21.3. The second-order valence-electron chi connectivity index (χ2n) is 9.98. The molecule has 0 aliphatic carbocycles. The van der Waals surface area contributed by atoms with Crippen molar-refractivity contribution in [1.82, 2.24) is 4.57 Å². The molecule has 0 unspecified atom stereocenters. The molecule has 0 bridgehead atoms. The van der Waals surface area contributed by atoms with Crippen molar-refractivity contribution >= 4 is 22.6 Å². The van der Waals surface area contributed by atoms with E-state index in [4.69, 9.17) is 4.74 Å². The van der Waals surface area contributed by atoms with E-state index in [1.165, 1.54) is 12.1 Å². The van der Waals surface area contributed by atoms with Crippen LogP contribution in [0.2, 0.25) is 0 Å². The second kappa shape index (κ2) is 10.3. The van der Waals surface area contributed by atoms with E-state index in [9.17, 15) is 13.6 Å². The fraction of sp³-hybridized carbons (Fsp3) is 0.290. The minimum absolute atomic E-state index is 0.0129. The van der Waals surface area contributed by atoms with Crippen LogP contribution in [0.4, 0.5) is 8.78 Å². The van der Waals surface area contributed by atoms with Crippen LogP contribution in [0, 0.1) is 11.6 Å². The summed E-state index contributed by atoms with van der Waals surface area (Å²) in [4.78, 5) is 18.3. The van der Waals surface area contributed by atoms with Crippen LogP contribution in [0.5, 0.6) is 0 Å². The molecule has 0 saturated heterocycles. The zero-order chi connectivity index (χ0) is 26.1. The number of aromatic nitrogens is 1. The molecule has 1 aliphatic heterocycles. The van der Waals surface area contributed by atoms with Gasteiger partial charge in [0.2, 0.25) is 5.90 Å². The first-order chi connectivity index (χ1) is 17.8. The monoisotopic (exact) mass is 500 g/mol. The van der Waals surface area contributed by atoms with E-state index < -0.39 is 11.6 Å². The average Bonchev–Trinajstić information content (AvgIpc) is 3.46. The van der Waals surface area contributed by atoms with Gasteiger partial charge in [-0.25, -0.2) is 13.8 Å². The van der Waals surface area contributed by atoms with E-state index in [1.54, 1.807) is 0 Å². The maximum atomic E-state index is 13.7. The van der Waals surface area contributed by atoms with Crippen LogP contribution in [0.25, 0.3) is 10.9 Å². The highest BCUT2D eigenvalue weighted by Crippen LogP contribution is 2.34. The van der Waals surface area contributed by atoms with Gasteiger partial charge < -0.3 is 9.30 Å². The molecule has 0 fully saturated rings. The summed E-state index contributed by atoms with van der Waals surface area (Å²) < 4.78 is 35.1. The van der Waals surface area contributed by atoms with Crippen molar-refractivity contribution in [2.24, 2.45) is 4.99 Å². The van der Waals surface area contributed by atoms with E-state index in [2.05, 4.69) is 41.6 Å². The molecular weight excluding hydrogens is 470 g/mol. The molecule has 3 aromatic carbocycles. The molecule has 0 saturated carbocycles. The molecule has 0 radical (unpaired) electrons. The fourth-order valence-corrected chi connectivity index (χ4v) is 5.04. The molecule has 1 atom stereocenters. The van der Waals surface area contributed by atoms with Crippen LogP contribution in [0.3, 0.4) is 0 Å². The summed E-state index contributed by atoms with van der Waals surface area (Å²) in [6.07, 6.45) is 0.532. The van der Waals surface area contributed by atoms with Gasteiger partial charge in [-0.1, -0.05) is 56.3 Å². The molecule has 0 amide bonds. The van der Waals surface area contributed by atoms with Gasteiger partial charge >= 0.3 is 0 Å². The first kappa shape index (κ1) is 24.9. The normalized spacial score (nSPS) is 15.3. The molecular formula is C31H30F2N2O2. The van der Waals surface area contributed by atoms with Gasteiger partial charge in [-0.3, -0.25) is 4.79 Å². The Balaban J connectivity index is 1.60. The molecule has 5 rings (SSSR count). The lowest BCUT2D eigenvalue weighted by Crippen LogP contribution is -2.11. The number of halogens is 2. The summed E-state index contributed by atoms with van der Waals surface area (Å²) in [5, 5.41) is 0.880. The molecule has 6 heteroatoms. The number of ether oxygens (including phenoxy) is 1. The topological polar surface area (TPSA) is 43.6 Å². The molecule has 4 aromatic rings. The van der Waals surface area contributed by atoms with E-state index >= 15 is 0 Å². The Hall–Kier alpha value is -3.80. The minimum Gasteiger partial charge on any atom is -0.475 e. The van der Waals surface area contributed by atoms with E-state index in [-0.39, 0.29) is 24.2 Å². The number of ketones is 1. The summed E-state index contributed by atoms with van der Waals surface area (Å²) in [5.41, 5.74) is 5.23. The van der Waals surface area contributed by atoms with Gasteiger partial charge in [0.05, 0.1) is 11.6 Å². The van der Waals surface area contributed by atoms with Crippen LogP contribution in [0.1, 0.15) is 65.9 Å². The molecule has 190 valence electrons. The minimum atomic E-state index is -0.897. The first-order valence-corrected chi connectivity index (χ1v) is 12.7. The Kier molecular flexibility index (Phi) is 6.92. The number of nitrogens with zero attached hydrogens (tertiary/aromatic N) is 2. The number of rotatable bonds is 8. The summed E-state index contributed by atoms with van der Waals surface area (Å²) in [6.45, 7) is 7.38. The van der Waals surface area contributed by atoms with Gasteiger partial charge in [0, 0.05) is 35.2 Å². The molecule has 4 nitrogen and oxygen atoms in total. The quantitative estimate of drug-likeness (QED) is 0.243. The number of carbonyl (C=O) groups excluding carboxylic acids is 1. The second-order valence-corrected chi connectivity index (χ2v) is 9.98. The Morgan fingerprint density at radius 1 is 1.03 bits per heavy atom. The zero-order valence-corrected chi connectivity index (χ0v) is 21.3. The van der Waals surface area contributed by atoms with Gasteiger partial charge in [0.1, 0.15) is 6.61 Å². The summed E-state index contributed by atoms with van der Waals surface area (Å²) in [5.74, 6) is -1.09. The number of fused-ring (bicyclic) bond motifs is 1. The van der Waals surface area contributed by atoms with Crippen molar-refractivity contribution in [3.05, 3.63) is 106 Å². The van der Waals surface area contributed by atoms with Gasteiger partial charge in [-0.15, -0.1) is 0 Å². The Labute approximate surface area is 215 Å². The van der Waals surface area contributed by atoms with Gasteiger partial charge in [0.25, 0.3) is 0 Å². The van der Waals surface area contributed by atoms with E-state index in [0.29, 0.717) is 36.6 Å². The smallest absolute Gasteiger partial charge is 0.216 e. The number of aryl methyl sites for hydroxylation is 1. The fourth-order valence-electron chi connectivity index (χ4n) is 5.04. The lowest BCUT2D eigenvalue weighted by atomic mass is 9.96. The van der Waals surface area contributed by atoms with Crippen molar-refractivity contribution in [2.75, 3.05) is 6.61 Å². The number of hydrogen-bond acceptors (Lipinski definition) is 3. The highest BCUT2D eigenvalue weighted by atomic mass is 19.2. The van der Waals surface area contributed by atoms with Crippen molar-refractivity contribution in [3.8, 4) is 0 Å². The van der Waals surface area contributed by atoms with Crippen molar-refractivity contribution in [1.29, 1.82) is 0 Å². The lowest BCUT2D eigenvalue weighted by molar-refractivity contribution is 0.0983. The number of Topliss-reactive ketones (excluding diaryl/α,β-unsaturated/α-hetero) is 1. The van der Waals surface area contributed by atoms with E-state index in [1.807, 2.05) is 37.3 Å². The number of hydrogen-bond donors (Lipinski definition) is 0. The van der Waals surface area contributed by atoms with Crippen molar-refractivity contribution in [2.45, 2.75) is 52.1 Å². The number of aliphatic imine (C=N–C) groups is 1. The third-order valence-electron chi connectivity index (χ3n) is 6.78. The summed E-state index contributed by atoms with van der Waals surface area (Å²) >= 11 is 0. The number of carbonyl (C=O) groups is 1. The van der Waals surface area contributed by atoms with Crippen LogP contribution in [0.15, 0.2) is 71.7 Å². The average molecular weight is 501 g/mol. The molecule has 1 aromatic heterocycles. The molecule has 2 heterocycles. The molecule has 0 spiro atoms. The number of benzene rings is 3. The third-order valence-corrected chi connectivity index (χ3v) is 6.78. The predicted octanol–water partition coefficient (Wildman–Crippen LogP) is 7.07.